The summed E-state index contributed by atoms with van der Waals surface area (Å²) in [5, 5.41) is 17.4. The van der Waals surface area contributed by atoms with E-state index in [-0.39, 0.29) is 36.6 Å². The van der Waals surface area contributed by atoms with Gasteiger partial charge in [-0.2, -0.15) is 24.4 Å². The Morgan fingerprint density at radius 1 is 1.05 bits per heavy atom. The Bertz CT molecular complexity index is 369. The summed E-state index contributed by atoms with van der Waals surface area (Å²) in [5.41, 5.74) is 0. The highest BCUT2D eigenvalue weighted by atomic mass is 32.2. The van der Waals surface area contributed by atoms with Gasteiger partial charge in [-0.15, -0.1) is 0 Å². The van der Waals surface area contributed by atoms with Crippen LogP contribution in [-0.2, 0) is 19.2 Å². The van der Waals surface area contributed by atoms with Crippen molar-refractivity contribution in [3.63, 3.8) is 0 Å². The maximum absolute atomic E-state index is 11.4. The highest BCUT2D eigenvalue weighted by Crippen LogP contribution is 2.14. The minimum atomic E-state index is -1.16. The van der Waals surface area contributed by atoms with Gasteiger partial charge in [0, 0.05) is 24.3 Å². The van der Waals surface area contributed by atoms with Crippen molar-refractivity contribution in [2.24, 2.45) is 5.92 Å². The van der Waals surface area contributed by atoms with Crippen molar-refractivity contribution in [1.82, 2.24) is 0 Å². The minimum Gasteiger partial charge on any atom is -0.481 e. The van der Waals surface area contributed by atoms with Gasteiger partial charge in [-0.05, 0) is 5.75 Å². The van der Waals surface area contributed by atoms with E-state index in [1.807, 2.05) is 0 Å². The van der Waals surface area contributed by atoms with Gasteiger partial charge in [-0.25, -0.2) is 0 Å². The Hall–Kier alpha value is -1.02. The molecule has 0 heterocycles. The second kappa shape index (κ2) is 10.7. The molecule has 0 aromatic carbocycles. The highest BCUT2D eigenvalue weighted by Gasteiger charge is 2.20. The van der Waals surface area contributed by atoms with Gasteiger partial charge in [-0.1, -0.05) is 0 Å². The van der Waals surface area contributed by atoms with E-state index in [1.54, 1.807) is 0 Å². The first-order valence-corrected chi connectivity index (χ1v) is 7.82. The van der Waals surface area contributed by atoms with Crippen LogP contribution in [0.3, 0.4) is 0 Å². The average Bonchev–Trinajstić information content (AvgIpc) is 2.32. The van der Waals surface area contributed by atoms with Crippen molar-refractivity contribution in [2.45, 2.75) is 25.7 Å². The number of ketones is 2. The zero-order chi connectivity index (χ0) is 15.5. The fraction of sp³-hybridized carbons (Fsp3) is 0.667. The smallest absolute Gasteiger partial charge is 0.307 e. The largest absolute Gasteiger partial charge is 0.481 e. The number of aliphatic carboxylic acids is 2. The molecule has 2 N–H and O–H groups in total. The lowest BCUT2D eigenvalue weighted by Crippen LogP contribution is -2.20. The van der Waals surface area contributed by atoms with Gasteiger partial charge in [0.1, 0.15) is 11.6 Å². The third-order valence-corrected chi connectivity index (χ3v) is 3.75. The van der Waals surface area contributed by atoms with Crippen LogP contribution in [0.5, 0.6) is 0 Å². The number of carbonyl (C=O) groups excluding carboxylic acids is 2. The van der Waals surface area contributed by atoms with Crippen LogP contribution in [0.2, 0.25) is 0 Å². The fourth-order valence-corrected chi connectivity index (χ4v) is 2.69. The molecule has 0 amide bonds. The van der Waals surface area contributed by atoms with E-state index in [2.05, 4.69) is 12.6 Å². The Labute approximate surface area is 126 Å². The van der Waals surface area contributed by atoms with E-state index in [4.69, 9.17) is 10.2 Å². The Kier molecular flexibility index (Phi) is 10.2. The summed E-state index contributed by atoms with van der Waals surface area (Å²) in [6.45, 7) is 0. The molecule has 0 saturated heterocycles. The summed E-state index contributed by atoms with van der Waals surface area (Å²) in [5.74, 6) is -2.68. The zero-order valence-corrected chi connectivity index (χ0v) is 12.6. The number of Topliss-reactive ketones (excluding diaryl/α,β-unsaturated/α-hetero) is 2. The number of carboxylic acid groups (broad SMARTS) is 2. The van der Waals surface area contributed by atoms with Gasteiger partial charge in [-0.3, -0.25) is 19.2 Å². The summed E-state index contributed by atoms with van der Waals surface area (Å²) < 4.78 is 0. The molecule has 0 aliphatic rings. The monoisotopic (exact) mass is 322 g/mol. The molecule has 1 atom stereocenters. The van der Waals surface area contributed by atoms with Crippen LogP contribution in [0.4, 0.5) is 0 Å². The molecule has 0 radical (unpaired) electrons. The second-order valence-corrected chi connectivity index (χ2v) is 5.78. The minimum absolute atomic E-state index is 0.112. The van der Waals surface area contributed by atoms with Gasteiger partial charge < -0.3 is 10.2 Å². The molecule has 20 heavy (non-hydrogen) atoms. The number of rotatable bonds is 12. The predicted molar refractivity (Wildman–Crippen MR) is 78.4 cm³/mol. The van der Waals surface area contributed by atoms with E-state index in [0.29, 0.717) is 11.5 Å². The van der Waals surface area contributed by atoms with E-state index in [9.17, 15) is 19.2 Å². The number of hydrogen-bond acceptors (Lipinski definition) is 6. The van der Waals surface area contributed by atoms with E-state index < -0.39 is 24.3 Å². The first kappa shape index (κ1) is 19.0. The molecule has 0 aromatic rings. The summed E-state index contributed by atoms with van der Waals surface area (Å²) >= 11 is 5.11. The summed E-state index contributed by atoms with van der Waals surface area (Å²) in [4.78, 5) is 43.9. The Morgan fingerprint density at radius 2 is 1.65 bits per heavy atom. The van der Waals surface area contributed by atoms with Crippen molar-refractivity contribution in [1.29, 1.82) is 0 Å². The molecule has 0 rings (SSSR count). The Balaban J connectivity index is 3.88. The van der Waals surface area contributed by atoms with Crippen molar-refractivity contribution >= 4 is 47.9 Å². The van der Waals surface area contributed by atoms with E-state index in [1.165, 1.54) is 11.8 Å². The van der Waals surface area contributed by atoms with Crippen molar-refractivity contribution in [2.75, 3.05) is 17.3 Å². The van der Waals surface area contributed by atoms with Crippen LogP contribution in [0, 0.1) is 5.92 Å². The summed E-state index contributed by atoms with van der Waals surface area (Å²) in [6, 6.07) is 0. The molecule has 1 unspecified atom stereocenters. The molecule has 0 bridgehead atoms. The van der Waals surface area contributed by atoms with Gasteiger partial charge in [0.25, 0.3) is 0 Å². The van der Waals surface area contributed by atoms with Crippen LogP contribution in [-0.4, -0.2) is 51.0 Å². The van der Waals surface area contributed by atoms with Gasteiger partial charge in [0.15, 0.2) is 0 Å². The highest BCUT2D eigenvalue weighted by molar-refractivity contribution is 7.99. The lowest BCUT2D eigenvalue weighted by molar-refractivity contribution is -0.147. The molecule has 8 heteroatoms. The second-order valence-electron chi connectivity index (χ2n) is 4.19. The molecule has 0 spiro atoms. The fourth-order valence-electron chi connectivity index (χ4n) is 1.36. The lowest BCUT2D eigenvalue weighted by atomic mass is 10.1. The SMILES string of the molecule is O=C(O)CC(CSCCC(=O)CC(=O)CCS)C(=O)O. The number of thioether (sulfide) groups is 1. The van der Waals surface area contributed by atoms with E-state index >= 15 is 0 Å². The number of thiol groups is 1. The summed E-state index contributed by atoms with van der Waals surface area (Å²) in [7, 11) is 0. The third-order valence-electron chi connectivity index (χ3n) is 2.40. The predicted octanol–water partition coefficient (Wildman–Crippen LogP) is 1.13. The molecule has 114 valence electrons. The number of hydrogen-bond donors (Lipinski definition) is 3. The molecule has 0 fully saturated rings. The number of carboxylic acids is 2. The molecular formula is C12H18O6S2. The van der Waals surface area contributed by atoms with E-state index in [0.717, 1.165) is 0 Å². The lowest BCUT2D eigenvalue weighted by Gasteiger charge is -2.08. The molecule has 0 saturated carbocycles. The van der Waals surface area contributed by atoms with Gasteiger partial charge >= 0.3 is 11.9 Å². The van der Waals surface area contributed by atoms with Crippen LogP contribution in [0.1, 0.15) is 25.7 Å². The molecule has 6 nitrogen and oxygen atoms in total. The van der Waals surface area contributed by atoms with Crippen LogP contribution < -0.4 is 0 Å². The first-order valence-electron chi connectivity index (χ1n) is 6.03. The van der Waals surface area contributed by atoms with Crippen molar-refractivity contribution in [3.8, 4) is 0 Å². The molecule has 0 aromatic heterocycles. The van der Waals surface area contributed by atoms with Crippen molar-refractivity contribution < 1.29 is 29.4 Å². The molecule has 0 aliphatic heterocycles. The maximum Gasteiger partial charge on any atom is 0.307 e. The number of carbonyl (C=O) groups is 4. The first-order chi connectivity index (χ1) is 9.36. The normalized spacial score (nSPS) is 11.8. The molecule has 0 aliphatic carbocycles. The van der Waals surface area contributed by atoms with Crippen LogP contribution in [0.15, 0.2) is 0 Å². The quantitative estimate of drug-likeness (QED) is 0.281. The topological polar surface area (TPSA) is 109 Å². The van der Waals surface area contributed by atoms with Crippen molar-refractivity contribution in [3.05, 3.63) is 0 Å². The average molecular weight is 322 g/mol. The standard InChI is InChI=1S/C12H18O6S2/c13-9(1-3-19)6-10(14)2-4-20-7-8(12(17)18)5-11(15)16/h8,19H,1-7H2,(H,15,16)(H,17,18). The van der Waals surface area contributed by atoms with Gasteiger partial charge in [0.2, 0.25) is 0 Å². The van der Waals surface area contributed by atoms with Crippen LogP contribution in [0.25, 0.3) is 0 Å². The van der Waals surface area contributed by atoms with Gasteiger partial charge in [0.05, 0.1) is 18.8 Å². The third kappa shape index (κ3) is 9.85. The van der Waals surface area contributed by atoms with Crippen LogP contribution >= 0.6 is 24.4 Å². The molecular weight excluding hydrogens is 304 g/mol. The Morgan fingerprint density at radius 3 is 2.15 bits per heavy atom. The zero-order valence-electron chi connectivity index (χ0n) is 10.9. The summed E-state index contributed by atoms with van der Waals surface area (Å²) in [6.07, 6.45) is -0.0978. The maximum atomic E-state index is 11.4.